The average Bonchev–Trinajstić information content (AvgIpc) is 2.74. The molecule has 3 rings (SSSR count). The van der Waals surface area contributed by atoms with E-state index in [0.717, 1.165) is 0 Å². The second-order valence-electron chi connectivity index (χ2n) is 7.76. The van der Waals surface area contributed by atoms with E-state index in [4.69, 9.17) is 17.0 Å². The summed E-state index contributed by atoms with van der Waals surface area (Å²) in [7, 11) is 0. The zero-order valence-electron chi connectivity index (χ0n) is 18.9. The molecule has 33 heavy (non-hydrogen) atoms. The molecule has 0 aromatic heterocycles. The van der Waals surface area contributed by atoms with E-state index >= 15 is 0 Å². The number of nitrogens with zero attached hydrogens (tertiary/aromatic N) is 1. The Hall–Kier alpha value is -3.46. The number of carbonyl (C=O) groups is 2. The Morgan fingerprint density at radius 1 is 1.18 bits per heavy atom. The largest absolute Gasteiger partial charge is 0.459 e. The lowest BCUT2D eigenvalue weighted by Crippen LogP contribution is -2.47. The van der Waals surface area contributed by atoms with Crippen molar-refractivity contribution in [2.75, 3.05) is 17.2 Å². The van der Waals surface area contributed by atoms with Crippen molar-refractivity contribution in [1.29, 1.82) is 0 Å². The van der Waals surface area contributed by atoms with Crippen LogP contribution in [0, 0.1) is 5.82 Å². The third-order valence-corrected chi connectivity index (χ3v) is 5.41. The molecule has 9 heteroatoms. The van der Waals surface area contributed by atoms with Gasteiger partial charge in [0.25, 0.3) is 0 Å². The maximum Gasteiger partial charge on any atom is 0.338 e. The fraction of sp³-hybridized carbons (Fsp3) is 0.292. The van der Waals surface area contributed by atoms with Crippen molar-refractivity contribution in [2.24, 2.45) is 0 Å². The number of carbonyl (C=O) groups excluding carboxylic acids is 2. The summed E-state index contributed by atoms with van der Waals surface area (Å²) in [5.41, 5.74) is 2.43. The van der Waals surface area contributed by atoms with Crippen molar-refractivity contribution in [2.45, 2.75) is 39.8 Å². The van der Waals surface area contributed by atoms with E-state index in [0.29, 0.717) is 34.2 Å². The maximum absolute atomic E-state index is 13.8. The number of amides is 2. The van der Waals surface area contributed by atoms with E-state index in [2.05, 4.69) is 16.0 Å². The van der Waals surface area contributed by atoms with Gasteiger partial charge in [-0.05, 0) is 69.7 Å². The molecule has 2 aromatic carbocycles. The highest BCUT2D eigenvalue weighted by atomic mass is 32.1. The quantitative estimate of drug-likeness (QED) is 0.410. The van der Waals surface area contributed by atoms with Gasteiger partial charge in [0.2, 0.25) is 0 Å². The number of nitrogens with one attached hydrogen (secondary N) is 3. The molecule has 1 unspecified atom stereocenters. The van der Waals surface area contributed by atoms with Crippen LogP contribution in [0.25, 0.3) is 0 Å². The van der Waals surface area contributed by atoms with Crippen molar-refractivity contribution in [3.8, 4) is 0 Å². The van der Waals surface area contributed by atoms with E-state index in [9.17, 15) is 14.0 Å². The number of hydrogen-bond acceptors (Lipinski definition) is 4. The standard InChI is InChI=1S/C24H27FN4O3S/c1-5-29-15(4)20(22(30)32-14(2)3)21(28-24(29)33)16-9-8-10-17(13-16)26-23(31)27-19-12-7-6-11-18(19)25/h6-14,21H,5H2,1-4H3,(H,28,33)(H2,26,27,31). The summed E-state index contributed by atoms with van der Waals surface area (Å²) in [6.07, 6.45) is -0.280. The molecule has 0 aliphatic carbocycles. The Morgan fingerprint density at radius 2 is 1.91 bits per heavy atom. The minimum Gasteiger partial charge on any atom is -0.459 e. The summed E-state index contributed by atoms with van der Waals surface area (Å²) >= 11 is 5.51. The summed E-state index contributed by atoms with van der Waals surface area (Å²) in [5, 5.41) is 8.89. The molecule has 0 radical (unpaired) electrons. The molecule has 1 atom stereocenters. The van der Waals surface area contributed by atoms with Crippen LogP contribution in [0.5, 0.6) is 0 Å². The fourth-order valence-corrected chi connectivity index (χ4v) is 3.98. The van der Waals surface area contributed by atoms with Crippen LogP contribution < -0.4 is 16.0 Å². The van der Waals surface area contributed by atoms with Gasteiger partial charge in [0.1, 0.15) is 5.82 Å². The first kappa shape index (κ1) is 24.2. The summed E-state index contributed by atoms with van der Waals surface area (Å²) in [5.74, 6) is -0.965. The number of anilines is 2. The lowest BCUT2D eigenvalue weighted by atomic mass is 9.94. The smallest absolute Gasteiger partial charge is 0.338 e. The molecule has 1 aliphatic heterocycles. The number of halogens is 1. The van der Waals surface area contributed by atoms with Crippen LogP contribution >= 0.6 is 12.2 Å². The lowest BCUT2D eigenvalue weighted by Gasteiger charge is -2.37. The molecule has 2 amide bonds. The van der Waals surface area contributed by atoms with Gasteiger partial charge in [0, 0.05) is 17.9 Å². The van der Waals surface area contributed by atoms with Gasteiger partial charge >= 0.3 is 12.0 Å². The van der Waals surface area contributed by atoms with Gasteiger partial charge in [0.05, 0.1) is 23.4 Å². The normalized spacial score (nSPS) is 15.9. The minimum absolute atomic E-state index is 0.0717. The number of ether oxygens (including phenoxy) is 1. The molecule has 0 saturated heterocycles. The Balaban J connectivity index is 1.88. The first-order valence-corrected chi connectivity index (χ1v) is 11.0. The van der Waals surface area contributed by atoms with Gasteiger partial charge in [-0.25, -0.2) is 14.0 Å². The van der Waals surface area contributed by atoms with Crippen LogP contribution in [-0.2, 0) is 9.53 Å². The van der Waals surface area contributed by atoms with E-state index in [-0.39, 0.29) is 11.8 Å². The first-order chi connectivity index (χ1) is 15.7. The maximum atomic E-state index is 13.8. The highest BCUT2D eigenvalue weighted by molar-refractivity contribution is 7.80. The third kappa shape index (κ3) is 5.67. The number of esters is 1. The Labute approximate surface area is 198 Å². The van der Waals surface area contributed by atoms with Crippen molar-refractivity contribution in [1.82, 2.24) is 10.2 Å². The van der Waals surface area contributed by atoms with E-state index in [1.807, 2.05) is 24.8 Å². The summed E-state index contributed by atoms with van der Waals surface area (Å²) < 4.78 is 19.3. The van der Waals surface area contributed by atoms with E-state index in [1.165, 1.54) is 12.1 Å². The second-order valence-corrected chi connectivity index (χ2v) is 8.15. The molecular formula is C24H27FN4O3S. The predicted octanol–water partition coefficient (Wildman–Crippen LogP) is 4.95. The monoisotopic (exact) mass is 470 g/mol. The number of rotatable bonds is 6. The lowest BCUT2D eigenvalue weighted by molar-refractivity contribution is -0.143. The van der Waals surface area contributed by atoms with Crippen LogP contribution in [0.3, 0.4) is 0 Å². The van der Waals surface area contributed by atoms with Crippen molar-refractivity contribution in [3.05, 3.63) is 71.2 Å². The molecule has 3 N–H and O–H groups in total. The SMILES string of the molecule is CCN1C(=S)NC(c2cccc(NC(=O)Nc3ccccc3F)c2)C(C(=O)OC(C)C)=C1C. The van der Waals surface area contributed by atoms with E-state index in [1.54, 1.807) is 44.2 Å². The molecule has 7 nitrogen and oxygen atoms in total. The van der Waals surface area contributed by atoms with Gasteiger partial charge in [-0.1, -0.05) is 24.3 Å². The predicted molar refractivity (Wildman–Crippen MR) is 130 cm³/mol. The highest BCUT2D eigenvalue weighted by Gasteiger charge is 2.34. The van der Waals surface area contributed by atoms with Gasteiger partial charge < -0.3 is 25.6 Å². The van der Waals surface area contributed by atoms with Gasteiger partial charge in [-0.3, -0.25) is 0 Å². The number of para-hydroxylation sites is 1. The molecule has 2 aromatic rings. The second kappa shape index (κ2) is 10.4. The molecule has 1 aliphatic rings. The Kier molecular flexibility index (Phi) is 7.65. The Morgan fingerprint density at radius 3 is 2.58 bits per heavy atom. The fourth-order valence-electron chi connectivity index (χ4n) is 3.60. The molecule has 174 valence electrons. The minimum atomic E-state index is -0.590. The van der Waals surface area contributed by atoms with Crippen LogP contribution in [0.15, 0.2) is 59.8 Å². The third-order valence-electron chi connectivity index (χ3n) is 5.08. The molecule has 0 spiro atoms. The topological polar surface area (TPSA) is 82.7 Å². The number of hydrogen-bond donors (Lipinski definition) is 3. The number of benzene rings is 2. The molecular weight excluding hydrogens is 443 g/mol. The van der Waals surface area contributed by atoms with Crippen molar-refractivity contribution >= 4 is 40.7 Å². The number of urea groups is 1. The van der Waals surface area contributed by atoms with Crippen molar-refractivity contribution < 1.29 is 18.7 Å². The molecule has 0 bridgehead atoms. The average molecular weight is 471 g/mol. The number of thiocarbonyl (C=S) groups is 1. The summed E-state index contributed by atoms with van der Waals surface area (Å²) in [6.45, 7) is 7.97. The van der Waals surface area contributed by atoms with Gasteiger partial charge in [-0.2, -0.15) is 0 Å². The molecule has 1 heterocycles. The van der Waals surface area contributed by atoms with Crippen molar-refractivity contribution in [3.63, 3.8) is 0 Å². The van der Waals surface area contributed by atoms with Gasteiger partial charge in [-0.15, -0.1) is 0 Å². The molecule has 0 fully saturated rings. The first-order valence-electron chi connectivity index (χ1n) is 10.6. The van der Waals surface area contributed by atoms with Crippen LogP contribution in [-0.4, -0.2) is 34.7 Å². The van der Waals surface area contributed by atoms with Gasteiger partial charge in [0.15, 0.2) is 5.11 Å². The zero-order chi connectivity index (χ0) is 24.1. The summed E-state index contributed by atoms with van der Waals surface area (Å²) in [4.78, 5) is 27.2. The Bertz CT molecular complexity index is 1100. The van der Waals surface area contributed by atoms with Crippen LogP contribution in [0.2, 0.25) is 0 Å². The summed E-state index contributed by atoms with van der Waals surface area (Å²) in [6, 6.07) is 11.8. The number of allylic oxidation sites excluding steroid dienone is 1. The zero-order valence-corrected chi connectivity index (χ0v) is 19.8. The van der Waals surface area contributed by atoms with Crippen LogP contribution in [0.1, 0.15) is 39.3 Å². The van der Waals surface area contributed by atoms with E-state index < -0.39 is 23.9 Å². The van der Waals surface area contributed by atoms with Crippen LogP contribution in [0.4, 0.5) is 20.6 Å². The molecule has 0 saturated carbocycles. The highest BCUT2D eigenvalue weighted by Crippen LogP contribution is 2.32.